The number of benzene rings is 1. The first-order valence-corrected chi connectivity index (χ1v) is 7.04. The molecule has 102 valence electrons. The molecule has 1 N–H and O–H groups in total. The normalized spacial score (nSPS) is 13.1. The first-order chi connectivity index (χ1) is 9.70. The van der Waals surface area contributed by atoms with Gasteiger partial charge in [0, 0.05) is 17.6 Å². The molecule has 0 atom stereocenters. The van der Waals surface area contributed by atoms with Crippen molar-refractivity contribution >= 4 is 11.6 Å². The summed E-state index contributed by atoms with van der Waals surface area (Å²) in [5, 5.41) is 2.92. The van der Waals surface area contributed by atoms with Crippen molar-refractivity contribution in [3.63, 3.8) is 0 Å². The van der Waals surface area contributed by atoms with Crippen LogP contribution in [0.4, 0.5) is 5.69 Å². The van der Waals surface area contributed by atoms with Gasteiger partial charge in [-0.1, -0.05) is 18.2 Å². The predicted molar refractivity (Wildman–Crippen MR) is 79.8 cm³/mol. The Hall–Kier alpha value is -2.16. The summed E-state index contributed by atoms with van der Waals surface area (Å²) in [6, 6.07) is 10.1. The number of aryl methyl sites for hydroxylation is 3. The van der Waals surface area contributed by atoms with Crippen LogP contribution >= 0.6 is 0 Å². The van der Waals surface area contributed by atoms with E-state index in [1.165, 1.54) is 24.0 Å². The van der Waals surface area contributed by atoms with Crippen LogP contribution in [-0.2, 0) is 24.1 Å². The Bertz CT molecular complexity index is 649. The summed E-state index contributed by atoms with van der Waals surface area (Å²) in [5.74, 6) is 0.0218. The van der Waals surface area contributed by atoms with Crippen molar-refractivity contribution in [3.8, 4) is 0 Å². The third-order valence-electron chi connectivity index (χ3n) is 3.71. The second-order valence-corrected chi connectivity index (χ2v) is 5.37. The van der Waals surface area contributed by atoms with Crippen molar-refractivity contribution in [1.82, 2.24) is 4.98 Å². The van der Waals surface area contributed by atoms with Crippen molar-refractivity contribution < 1.29 is 4.79 Å². The zero-order valence-electron chi connectivity index (χ0n) is 11.6. The average molecular weight is 266 g/mol. The molecule has 1 aromatic heterocycles. The molecular formula is C17H18N2O. The summed E-state index contributed by atoms with van der Waals surface area (Å²) < 4.78 is 0. The lowest BCUT2D eigenvalue weighted by molar-refractivity contribution is -0.115. The van der Waals surface area contributed by atoms with E-state index in [0.29, 0.717) is 6.42 Å². The van der Waals surface area contributed by atoms with Gasteiger partial charge in [-0.25, -0.2) is 0 Å². The van der Waals surface area contributed by atoms with Gasteiger partial charge < -0.3 is 5.32 Å². The van der Waals surface area contributed by atoms with E-state index in [9.17, 15) is 4.79 Å². The van der Waals surface area contributed by atoms with E-state index >= 15 is 0 Å². The molecule has 1 heterocycles. The number of hydrogen-bond acceptors (Lipinski definition) is 2. The first-order valence-electron chi connectivity index (χ1n) is 7.04. The van der Waals surface area contributed by atoms with Crippen LogP contribution in [0.5, 0.6) is 0 Å². The minimum atomic E-state index is 0.0218. The molecule has 1 aliphatic carbocycles. The van der Waals surface area contributed by atoms with Crippen LogP contribution in [0.25, 0.3) is 0 Å². The number of amides is 1. The molecule has 3 nitrogen and oxygen atoms in total. The Kier molecular flexibility index (Phi) is 3.50. The minimum Gasteiger partial charge on any atom is -0.326 e. The Balaban J connectivity index is 1.67. The van der Waals surface area contributed by atoms with Gasteiger partial charge in [0.2, 0.25) is 5.91 Å². The van der Waals surface area contributed by atoms with Gasteiger partial charge in [-0.3, -0.25) is 9.78 Å². The first kappa shape index (κ1) is 12.9. The van der Waals surface area contributed by atoms with E-state index in [-0.39, 0.29) is 5.91 Å². The molecule has 1 amide bonds. The van der Waals surface area contributed by atoms with Gasteiger partial charge in [-0.15, -0.1) is 0 Å². The van der Waals surface area contributed by atoms with Crippen LogP contribution in [-0.4, -0.2) is 10.9 Å². The maximum absolute atomic E-state index is 12.1. The van der Waals surface area contributed by atoms with Crippen molar-refractivity contribution in [2.45, 2.75) is 32.6 Å². The lowest BCUT2D eigenvalue weighted by Crippen LogP contribution is -2.14. The van der Waals surface area contributed by atoms with Crippen LogP contribution in [0, 0.1) is 6.92 Å². The number of nitrogens with one attached hydrogen (secondary N) is 1. The van der Waals surface area contributed by atoms with Gasteiger partial charge >= 0.3 is 0 Å². The molecule has 3 rings (SSSR count). The molecule has 0 saturated heterocycles. The van der Waals surface area contributed by atoms with Gasteiger partial charge in [-0.2, -0.15) is 0 Å². The summed E-state index contributed by atoms with van der Waals surface area (Å²) in [6.45, 7) is 1.91. The fourth-order valence-electron chi connectivity index (χ4n) is 2.75. The fraction of sp³-hybridized carbons (Fsp3) is 0.294. The van der Waals surface area contributed by atoms with Gasteiger partial charge in [0.25, 0.3) is 0 Å². The second kappa shape index (κ2) is 5.45. The molecule has 0 bridgehead atoms. The van der Waals surface area contributed by atoms with E-state index in [0.717, 1.165) is 23.4 Å². The predicted octanol–water partition coefficient (Wildman–Crippen LogP) is 3.06. The van der Waals surface area contributed by atoms with Gasteiger partial charge in [0.15, 0.2) is 0 Å². The number of aromatic nitrogens is 1. The molecule has 1 aliphatic rings. The SMILES string of the molecule is Cc1cc(NC(=O)Cc2ccc3c(c2)CCC3)ccn1. The van der Waals surface area contributed by atoms with Crippen LogP contribution in [0.2, 0.25) is 0 Å². The monoisotopic (exact) mass is 266 g/mol. The number of hydrogen-bond donors (Lipinski definition) is 1. The number of anilines is 1. The number of pyridine rings is 1. The smallest absolute Gasteiger partial charge is 0.228 e. The highest BCUT2D eigenvalue weighted by Crippen LogP contribution is 2.23. The van der Waals surface area contributed by atoms with E-state index in [1.54, 1.807) is 6.20 Å². The van der Waals surface area contributed by atoms with Crippen LogP contribution in [0.1, 0.15) is 28.8 Å². The van der Waals surface area contributed by atoms with Crippen molar-refractivity contribution in [2.24, 2.45) is 0 Å². The van der Waals surface area contributed by atoms with Crippen molar-refractivity contribution in [1.29, 1.82) is 0 Å². The Morgan fingerprint density at radius 2 is 2.05 bits per heavy atom. The quantitative estimate of drug-likeness (QED) is 0.927. The zero-order valence-corrected chi connectivity index (χ0v) is 11.6. The molecule has 3 heteroatoms. The topological polar surface area (TPSA) is 42.0 Å². The summed E-state index contributed by atoms with van der Waals surface area (Å²) in [4.78, 5) is 16.2. The molecule has 20 heavy (non-hydrogen) atoms. The van der Waals surface area contributed by atoms with Crippen LogP contribution < -0.4 is 5.32 Å². The Labute approximate surface area is 119 Å². The van der Waals surface area contributed by atoms with Crippen molar-refractivity contribution in [2.75, 3.05) is 5.32 Å². The summed E-state index contributed by atoms with van der Waals surface area (Å²) in [7, 11) is 0. The third kappa shape index (κ3) is 2.87. The van der Waals surface area contributed by atoms with Gasteiger partial charge in [-0.05, 0) is 55.0 Å². The fourth-order valence-corrected chi connectivity index (χ4v) is 2.75. The molecule has 2 aromatic rings. The van der Waals surface area contributed by atoms with E-state index in [2.05, 4.69) is 28.5 Å². The average Bonchev–Trinajstić information content (AvgIpc) is 2.86. The van der Waals surface area contributed by atoms with Crippen LogP contribution in [0.15, 0.2) is 36.5 Å². The molecule has 0 unspecified atom stereocenters. The molecule has 0 fully saturated rings. The number of carbonyl (C=O) groups is 1. The van der Waals surface area contributed by atoms with Gasteiger partial charge in [0.05, 0.1) is 6.42 Å². The Morgan fingerprint density at radius 1 is 1.20 bits per heavy atom. The highest BCUT2D eigenvalue weighted by molar-refractivity contribution is 5.92. The number of nitrogens with zero attached hydrogens (tertiary/aromatic N) is 1. The zero-order chi connectivity index (χ0) is 13.9. The standard InChI is InChI=1S/C17H18N2O/c1-12-9-16(7-8-18-12)19-17(20)11-13-5-6-14-3-2-4-15(14)10-13/h5-10H,2-4,11H2,1H3,(H,18,19,20). The third-order valence-corrected chi connectivity index (χ3v) is 3.71. The molecule has 0 saturated carbocycles. The molecular weight excluding hydrogens is 248 g/mol. The van der Waals surface area contributed by atoms with E-state index in [4.69, 9.17) is 0 Å². The van der Waals surface area contributed by atoms with E-state index in [1.807, 2.05) is 19.1 Å². The van der Waals surface area contributed by atoms with Crippen molar-refractivity contribution in [3.05, 3.63) is 58.9 Å². The van der Waals surface area contributed by atoms with Gasteiger partial charge in [0.1, 0.15) is 0 Å². The summed E-state index contributed by atoms with van der Waals surface area (Å²) in [5.41, 5.74) is 5.66. The highest BCUT2D eigenvalue weighted by atomic mass is 16.1. The molecule has 0 spiro atoms. The lowest BCUT2D eigenvalue weighted by Gasteiger charge is -2.07. The molecule has 1 aromatic carbocycles. The summed E-state index contributed by atoms with van der Waals surface area (Å²) >= 11 is 0. The number of rotatable bonds is 3. The Morgan fingerprint density at radius 3 is 2.90 bits per heavy atom. The largest absolute Gasteiger partial charge is 0.326 e. The molecule has 0 radical (unpaired) electrons. The minimum absolute atomic E-state index is 0.0218. The van der Waals surface area contributed by atoms with Crippen LogP contribution in [0.3, 0.4) is 0 Å². The maximum atomic E-state index is 12.1. The maximum Gasteiger partial charge on any atom is 0.228 e. The summed E-state index contributed by atoms with van der Waals surface area (Å²) in [6.07, 6.45) is 5.70. The number of carbonyl (C=O) groups excluding carboxylic acids is 1. The second-order valence-electron chi connectivity index (χ2n) is 5.37. The number of fused-ring (bicyclic) bond motifs is 1. The molecule has 0 aliphatic heterocycles. The van der Waals surface area contributed by atoms with E-state index < -0.39 is 0 Å². The highest BCUT2D eigenvalue weighted by Gasteiger charge is 2.12. The lowest BCUT2D eigenvalue weighted by atomic mass is 10.0.